The van der Waals surface area contributed by atoms with Crippen LogP contribution >= 0.6 is 0 Å². The minimum atomic E-state index is -0.286. The lowest BCUT2D eigenvalue weighted by molar-refractivity contribution is 0.560. The van der Waals surface area contributed by atoms with E-state index in [1.807, 2.05) is 25.1 Å². The molecule has 2 aromatic rings. The summed E-state index contributed by atoms with van der Waals surface area (Å²) in [7, 11) is 0. The topological polar surface area (TPSA) is 61.7 Å². The molecule has 0 fully saturated rings. The molecule has 3 nitrogen and oxygen atoms in total. The van der Waals surface area contributed by atoms with Gasteiger partial charge in [0.05, 0.1) is 0 Å². The molecule has 1 heterocycles. The summed E-state index contributed by atoms with van der Waals surface area (Å²) in [4.78, 5) is 10.9. The monoisotopic (exact) mass is 178 g/mol. The first-order valence-electron chi connectivity index (χ1n) is 3.77. The van der Waals surface area contributed by atoms with E-state index in [9.17, 15) is 4.79 Å². The molecule has 0 amide bonds. The minimum Gasteiger partial charge on any atom is -0.423 e. The lowest BCUT2D eigenvalue weighted by Gasteiger charge is -1.97. The third kappa shape index (κ3) is 1.60. The van der Waals surface area contributed by atoms with Crippen molar-refractivity contribution < 1.29 is 9.89 Å². The number of hydrogen-bond acceptors (Lipinski definition) is 2. The van der Waals surface area contributed by atoms with Crippen molar-refractivity contribution in [2.24, 2.45) is 0 Å². The fourth-order valence-electron chi connectivity index (χ4n) is 1.27. The van der Waals surface area contributed by atoms with Crippen molar-refractivity contribution in [3.05, 3.63) is 46.3 Å². The van der Waals surface area contributed by atoms with Crippen LogP contribution in [-0.2, 0) is 0 Å². The molecule has 1 aromatic carbocycles. The Kier molecular flexibility index (Phi) is 2.49. The van der Waals surface area contributed by atoms with Gasteiger partial charge in [-0.2, -0.15) is 0 Å². The average Bonchev–Trinajstić information content (AvgIpc) is 2.04. The number of rotatable bonds is 0. The van der Waals surface area contributed by atoms with E-state index in [1.165, 1.54) is 6.07 Å². The summed E-state index contributed by atoms with van der Waals surface area (Å²) < 4.78 is 4.99. The van der Waals surface area contributed by atoms with E-state index in [-0.39, 0.29) is 11.1 Å². The van der Waals surface area contributed by atoms with Gasteiger partial charge in [0.25, 0.3) is 0 Å². The second-order valence-corrected chi connectivity index (χ2v) is 2.74. The predicted molar refractivity (Wildman–Crippen MR) is 50.8 cm³/mol. The summed E-state index contributed by atoms with van der Waals surface area (Å²) >= 11 is 0. The van der Waals surface area contributed by atoms with Crippen molar-refractivity contribution in [3.63, 3.8) is 0 Å². The van der Waals surface area contributed by atoms with Gasteiger partial charge in [0, 0.05) is 11.5 Å². The molecule has 1 aromatic heterocycles. The molecule has 13 heavy (non-hydrogen) atoms. The van der Waals surface area contributed by atoms with Crippen LogP contribution in [0.5, 0.6) is 0 Å². The average molecular weight is 178 g/mol. The second kappa shape index (κ2) is 3.41. The largest absolute Gasteiger partial charge is 0.423 e. The molecule has 68 valence electrons. The van der Waals surface area contributed by atoms with Crippen molar-refractivity contribution in [2.45, 2.75) is 6.92 Å². The molecular formula is C10H10O3. The highest BCUT2D eigenvalue weighted by atomic mass is 16.4. The molecule has 0 aliphatic rings. The Labute approximate surface area is 74.9 Å². The van der Waals surface area contributed by atoms with E-state index in [4.69, 9.17) is 4.42 Å². The van der Waals surface area contributed by atoms with Crippen LogP contribution in [0.2, 0.25) is 0 Å². The summed E-state index contributed by atoms with van der Waals surface area (Å²) in [6.07, 6.45) is 0. The van der Waals surface area contributed by atoms with E-state index in [1.54, 1.807) is 6.07 Å². The standard InChI is InChI=1S/C10H8O2.H2O/c1-7-6-10(11)12-9-5-3-2-4-8(7)9;/h2-6H,1H3;1H2. The van der Waals surface area contributed by atoms with Gasteiger partial charge in [-0.3, -0.25) is 0 Å². The van der Waals surface area contributed by atoms with Crippen LogP contribution in [0.1, 0.15) is 5.56 Å². The summed E-state index contributed by atoms with van der Waals surface area (Å²) in [6, 6.07) is 9.01. The molecule has 0 radical (unpaired) electrons. The van der Waals surface area contributed by atoms with Crippen LogP contribution in [0.25, 0.3) is 11.0 Å². The molecule has 0 aliphatic carbocycles. The summed E-state index contributed by atoms with van der Waals surface area (Å²) in [5.74, 6) is 0. The van der Waals surface area contributed by atoms with E-state index in [0.29, 0.717) is 5.58 Å². The molecule has 2 N–H and O–H groups in total. The van der Waals surface area contributed by atoms with Crippen LogP contribution in [0.3, 0.4) is 0 Å². The Morgan fingerprint density at radius 3 is 2.69 bits per heavy atom. The number of hydrogen-bond donors (Lipinski definition) is 0. The second-order valence-electron chi connectivity index (χ2n) is 2.74. The van der Waals surface area contributed by atoms with Gasteiger partial charge in [-0.25, -0.2) is 4.79 Å². The summed E-state index contributed by atoms with van der Waals surface area (Å²) in [5.41, 5.74) is 1.33. The van der Waals surface area contributed by atoms with E-state index < -0.39 is 0 Å². The highest BCUT2D eigenvalue weighted by molar-refractivity contribution is 5.79. The highest BCUT2D eigenvalue weighted by Gasteiger charge is 1.98. The molecule has 0 atom stereocenters. The third-order valence-electron chi connectivity index (χ3n) is 1.86. The van der Waals surface area contributed by atoms with E-state index in [0.717, 1.165) is 10.9 Å². The van der Waals surface area contributed by atoms with Crippen molar-refractivity contribution in [1.82, 2.24) is 0 Å². The number of fused-ring (bicyclic) bond motifs is 1. The van der Waals surface area contributed by atoms with Crippen LogP contribution in [0, 0.1) is 6.92 Å². The molecule has 3 heteroatoms. The van der Waals surface area contributed by atoms with Gasteiger partial charge in [-0.05, 0) is 18.6 Å². The van der Waals surface area contributed by atoms with Gasteiger partial charge < -0.3 is 9.89 Å². The van der Waals surface area contributed by atoms with Gasteiger partial charge in [0.2, 0.25) is 0 Å². The first-order valence-corrected chi connectivity index (χ1v) is 3.77. The fourth-order valence-corrected chi connectivity index (χ4v) is 1.27. The predicted octanol–water partition coefficient (Wildman–Crippen LogP) is 1.28. The van der Waals surface area contributed by atoms with Gasteiger partial charge >= 0.3 is 5.63 Å². The smallest absolute Gasteiger partial charge is 0.336 e. The maximum atomic E-state index is 10.9. The molecule has 0 bridgehead atoms. The van der Waals surface area contributed by atoms with Crippen molar-refractivity contribution in [3.8, 4) is 0 Å². The van der Waals surface area contributed by atoms with Crippen molar-refractivity contribution in [1.29, 1.82) is 0 Å². The van der Waals surface area contributed by atoms with Gasteiger partial charge in [-0.1, -0.05) is 18.2 Å². The zero-order chi connectivity index (χ0) is 8.55. The first-order chi connectivity index (χ1) is 5.77. The van der Waals surface area contributed by atoms with Gasteiger partial charge in [0.15, 0.2) is 0 Å². The normalized spacial score (nSPS) is 9.62. The van der Waals surface area contributed by atoms with E-state index >= 15 is 0 Å². The lowest BCUT2D eigenvalue weighted by Crippen LogP contribution is -1.97. The minimum absolute atomic E-state index is 0. The molecule has 0 unspecified atom stereocenters. The van der Waals surface area contributed by atoms with Crippen molar-refractivity contribution in [2.75, 3.05) is 0 Å². The molecular weight excluding hydrogens is 168 g/mol. The zero-order valence-electron chi connectivity index (χ0n) is 7.20. The van der Waals surface area contributed by atoms with Crippen molar-refractivity contribution >= 4 is 11.0 Å². The maximum Gasteiger partial charge on any atom is 0.336 e. The maximum absolute atomic E-state index is 10.9. The Bertz CT molecular complexity index is 471. The SMILES string of the molecule is Cc1cc(=O)oc2ccccc12.O. The Morgan fingerprint density at radius 2 is 1.92 bits per heavy atom. The quantitative estimate of drug-likeness (QED) is 0.570. The molecule has 0 spiro atoms. The number of para-hydroxylation sites is 1. The Morgan fingerprint density at radius 1 is 1.23 bits per heavy atom. The summed E-state index contributed by atoms with van der Waals surface area (Å²) in [6.45, 7) is 1.90. The van der Waals surface area contributed by atoms with Gasteiger partial charge in [0.1, 0.15) is 5.58 Å². The van der Waals surface area contributed by atoms with Crippen LogP contribution < -0.4 is 5.63 Å². The molecule has 0 aliphatic heterocycles. The summed E-state index contributed by atoms with van der Waals surface area (Å²) in [5, 5.41) is 0.997. The molecule has 0 saturated carbocycles. The molecule has 0 saturated heterocycles. The van der Waals surface area contributed by atoms with Crippen LogP contribution in [0.4, 0.5) is 0 Å². The first kappa shape index (κ1) is 9.48. The molecule has 2 rings (SSSR count). The van der Waals surface area contributed by atoms with E-state index in [2.05, 4.69) is 0 Å². The zero-order valence-corrected chi connectivity index (χ0v) is 7.20. The number of aryl methyl sites for hydroxylation is 1. The number of benzene rings is 1. The van der Waals surface area contributed by atoms with Crippen LogP contribution in [0.15, 0.2) is 39.5 Å². The third-order valence-corrected chi connectivity index (χ3v) is 1.86. The Hall–Kier alpha value is -1.61. The Balaban J connectivity index is 0.000000845. The fraction of sp³-hybridized carbons (Fsp3) is 0.100. The van der Waals surface area contributed by atoms with Gasteiger partial charge in [-0.15, -0.1) is 0 Å². The van der Waals surface area contributed by atoms with Crippen LogP contribution in [-0.4, -0.2) is 5.48 Å². The highest BCUT2D eigenvalue weighted by Crippen LogP contribution is 2.14. The lowest BCUT2D eigenvalue weighted by atomic mass is 10.1.